The number of benzene rings is 1. The highest BCUT2D eigenvalue weighted by Gasteiger charge is 2.29. The number of thiophene rings is 1. The third-order valence-electron chi connectivity index (χ3n) is 6.42. The van der Waals surface area contributed by atoms with Gasteiger partial charge in [0.15, 0.2) is 11.5 Å². The lowest BCUT2D eigenvalue weighted by Crippen LogP contribution is -2.32. The molecule has 33 heavy (non-hydrogen) atoms. The molecule has 5 rings (SSSR count). The van der Waals surface area contributed by atoms with Gasteiger partial charge in [-0.05, 0) is 68.7 Å². The summed E-state index contributed by atoms with van der Waals surface area (Å²) < 4.78 is 11.1. The summed E-state index contributed by atoms with van der Waals surface area (Å²) in [4.78, 5) is 27.2. The average Bonchev–Trinajstić information content (AvgIpc) is 3.58. The van der Waals surface area contributed by atoms with Crippen LogP contribution in [0.15, 0.2) is 28.8 Å². The van der Waals surface area contributed by atoms with Gasteiger partial charge in [0.05, 0.1) is 11.7 Å². The second kappa shape index (κ2) is 9.11. The maximum atomic E-state index is 13.1. The molecule has 0 unspecified atom stereocenters. The summed E-state index contributed by atoms with van der Waals surface area (Å²) in [7, 11) is 0. The van der Waals surface area contributed by atoms with Crippen LogP contribution >= 0.6 is 11.3 Å². The molecule has 172 valence electrons. The maximum absolute atomic E-state index is 13.1. The van der Waals surface area contributed by atoms with E-state index in [0.717, 1.165) is 55.4 Å². The number of fused-ring (bicyclic) bond motifs is 1. The van der Waals surface area contributed by atoms with E-state index in [1.54, 1.807) is 6.07 Å². The number of hydrogen-bond donors (Lipinski definition) is 2. The molecule has 0 radical (unpaired) electrons. The molecular formula is C25H27N3O4S. The van der Waals surface area contributed by atoms with Crippen LogP contribution in [-0.4, -0.2) is 36.2 Å². The summed E-state index contributed by atoms with van der Waals surface area (Å²) in [6.45, 7) is 5.31. The van der Waals surface area contributed by atoms with Crippen LogP contribution in [0.3, 0.4) is 0 Å². The lowest BCUT2D eigenvalue weighted by molar-refractivity contribution is 0.0858. The summed E-state index contributed by atoms with van der Waals surface area (Å²) in [5, 5.41) is 10.5. The van der Waals surface area contributed by atoms with Crippen molar-refractivity contribution in [3.05, 3.63) is 57.1 Å². The smallest absolute Gasteiger partial charge is 0.278 e. The Morgan fingerprint density at radius 3 is 2.79 bits per heavy atom. The van der Waals surface area contributed by atoms with Gasteiger partial charge in [-0.2, -0.15) is 0 Å². The highest BCUT2D eigenvalue weighted by atomic mass is 32.1. The van der Waals surface area contributed by atoms with Crippen LogP contribution in [-0.2, 0) is 17.6 Å². The number of aromatic nitrogens is 1. The van der Waals surface area contributed by atoms with E-state index in [9.17, 15) is 9.59 Å². The zero-order chi connectivity index (χ0) is 22.9. The number of ether oxygens (including phenoxy) is 1. The summed E-state index contributed by atoms with van der Waals surface area (Å²) in [6.07, 6.45) is 4.87. The molecule has 0 spiro atoms. The number of aryl methyl sites for hydroxylation is 3. The minimum atomic E-state index is -0.387. The van der Waals surface area contributed by atoms with Crippen molar-refractivity contribution in [2.24, 2.45) is 0 Å². The molecule has 0 bridgehead atoms. The zero-order valence-electron chi connectivity index (χ0n) is 18.8. The fourth-order valence-electron chi connectivity index (χ4n) is 4.41. The van der Waals surface area contributed by atoms with Crippen LogP contribution in [0.2, 0.25) is 0 Å². The summed E-state index contributed by atoms with van der Waals surface area (Å²) in [6, 6.07) is 7.61. The number of carbonyl (C=O) groups excluding carboxylic acids is 2. The van der Waals surface area contributed by atoms with Crippen molar-refractivity contribution < 1.29 is 18.8 Å². The van der Waals surface area contributed by atoms with E-state index in [1.165, 1.54) is 21.8 Å². The second-order valence-electron chi connectivity index (χ2n) is 8.74. The standard InChI is InChI=1S/C25H27N3O4S/c1-14-8-9-16(11-15(14)2)20-12-19(28-32-20)23(29)27-25-22(18-6-3-7-21(18)33-25)24(30)26-13-17-5-4-10-31-17/h8-9,11-12,17H,3-7,10,13H2,1-2H3,(H,26,30)(H,27,29)/t17-/m1/s1. The molecule has 1 saturated heterocycles. The van der Waals surface area contributed by atoms with Crippen LogP contribution < -0.4 is 10.6 Å². The lowest BCUT2D eigenvalue weighted by Gasteiger charge is -2.12. The first-order valence-electron chi connectivity index (χ1n) is 11.4. The SMILES string of the molecule is Cc1ccc(-c2cc(C(=O)Nc3sc4c(c3C(=O)NC[C@H]3CCCO3)CCC4)no2)cc1C. The fourth-order valence-corrected chi connectivity index (χ4v) is 5.69. The van der Waals surface area contributed by atoms with Crippen LogP contribution in [0.1, 0.15) is 61.7 Å². The molecule has 1 aromatic carbocycles. The molecule has 8 heteroatoms. The number of carbonyl (C=O) groups is 2. The van der Waals surface area contributed by atoms with Crippen LogP contribution in [0.25, 0.3) is 11.3 Å². The van der Waals surface area contributed by atoms with Gasteiger partial charge in [0.25, 0.3) is 11.8 Å². The van der Waals surface area contributed by atoms with Gasteiger partial charge in [-0.1, -0.05) is 17.3 Å². The zero-order valence-corrected chi connectivity index (χ0v) is 19.6. The largest absolute Gasteiger partial charge is 0.376 e. The molecule has 1 aliphatic heterocycles. The van der Waals surface area contributed by atoms with Gasteiger partial charge in [-0.25, -0.2) is 0 Å². The van der Waals surface area contributed by atoms with Crippen molar-refractivity contribution in [1.82, 2.24) is 10.5 Å². The Balaban J connectivity index is 1.34. The third-order valence-corrected chi connectivity index (χ3v) is 7.63. The molecule has 3 aromatic rings. The van der Waals surface area contributed by atoms with E-state index in [4.69, 9.17) is 9.26 Å². The summed E-state index contributed by atoms with van der Waals surface area (Å²) >= 11 is 1.48. The van der Waals surface area contributed by atoms with E-state index in [1.807, 2.05) is 32.0 Å². The van der Waals surface area contributed by atoms with Crippen LogP contribution in [0, 0.1) is 13.8 Å². The Labute approximate surface area is 196 Å². The highest BCUT2D eigenvalue weighted by molar-refractivity contribution is 7.17. The van der Waals surface area contributed by atoms with Crippen molar-refractivity contribution in [2.45, 2.75) is 52.1 Å². The van der Waals surface area contributed by atoms with E-state index in [2.05, 4.69) is 15.8 Å². The summed E-state index contributed by atoms with van der Waals surface area (Å²) in [5.41, 5.74) is 5.01. The van der Waals surface area contributed by atoms with Gasteiger partial charge in [-0.15, -0.1) is 11.3 Å². The van der Waals surface area contributed by atoms with E-state index >= 15 is 0 Å². The van der Waals surface area contributed by atoms with Crippen molar-refractivity contribution in [2.75, 3.05) is 18.5 Å². The fraction of sp³-hybridized carbons (Fsp3) is 0.400. The van der Waals surface area contributed by atoms with Crippen LogP contribution in [0.4, 0.5) is 5.00 Å². The van der Waals surface area contributed by atoms with E-state index in [-0.39, 0.29) is 23.6 Å². The Kier molecular flexibility index (Phi) is 6.03. The molecule has 7 nitrogen and oxygen atoms in total. The van der Waals surface area contributed by atoms with Gasteiger partial charge in [0.2, 0.25) is 0 Å². The second-order valence-corrected chi connectivity index (χ2v) is 9.84. The molecule has 1 aliphatic carbocycles. The molecule has 2 aromatic heterocycles. The number of hydrogen-bond acceptors (Lipinski definition) is 6. The summed E-state index contributed by atoms with van der Waals surface area (Å²) in [5.74, 6) is -0.00967. The van der Waals surface area contributed by atoms with Gasteiger partial charge < -0.3 is 19.9 Å². The Hall–Kier alpha value is -2.97. The third kappa shape index (κ3) is 4.45. The number of rotatable bonds is 6. The number of nitrogens with zero attached hydrogens (tertiary/aromatic N) is 1. The van der Waals surface area contributed by atoms with Gasteiger partial charge in [-0.3, -0.25) is 9.59 Å². The normalized spacial score (nSPS) is 17.2. The molecule has 2 amide bonds. The molecule has 1 fully saturated rings. The predicted molar refractivity (Wildman–Crippen MR) is 127 cm³/mol. The van der Waals surface area contributed by atoms with Gasteiger partial charge in [0, 0.05) is 29.7 Å². The predicted octanol–water partition coefficient (Wildman–Crippen LogP) is 4.67. The molecule has 2 N–H and O–H groups in total. The van der Waals surface area contributed by atoms with Crippen LogP contribution in [0.5, 0.6) is 0 Å². The van der Waals surface area contributed by atoms with E-state index < -0.39 is 0 Å². The molecule has 3 heterocycles. The average molecular weight is 466 g/mol. The van der Waals surface area contributed by atoms with E-state index in [0.29, 0.717) is 22.9 Å². The quantitative estimate of drug-likeness (QED) is 0.552. The minimum absolute atomic E-state index is 0.0673. The number of nitrogens with one attached hydrogen (secondary N) is 2. The Bertz CT molecular complexity index is 1210. The minimum Gasteiger partial charge on any atom is -0.376 e. The molecular weight excluding hydrogens is 438 g/mol. The maximum Gasteiger partial charge on any atom is 0.278 e. The topological polar surface area (TPSA) is 93.5 Å². The molecule has 2 aliphatic rings. The molecule has 1 atom stereocenters. The van der Waals surface area contributed by atoms with Crippen molar-refractivity contribution >= 4 is 28.2 Å². The first-order chi connectivity index (χ1) is 16.0. The number of amides is 2. The first-order valence-corrected chi connectivity index (χ1v) is 12.2. The van der Waals surface area contributed by atoms with Crippen molar-refractivity contribution in [3.8, 4) is 11.3 Å². The van der Waals surface area contributed by atoms with Crippen molar-refractivity contribution in [3.63, 3.8) is 0 Å². The lowest BCUT2D eigenvalue weighted by atomic mass is 10.0. The van der Waals surface area contributed by atoms with Crippen molar-refractivity contribution in [1.29, 1.82) is 0 Å². The highest BCUT2D eigenvalue weighted by Crippen LogP contribution is 2.39. The van der Waals surface area contributed by atoms with Gasteiger partial charge in [0.1, 0.15) is 5.00 Å². The Morgan fingerprint density at radius 2 is 2.00 bits per heavy atom. The first kappa shape index (κ1) is 21.9. The Morgan fingerprint density at radius 1 is 1.12 bits per heavy atom. The monoisotopic (exact) mass is 465 g/mol. The van der Waals surface area contributed by atoms with Gasteiger partial charge >= 0.3 is 0 Å². The number of anilines is 1. The molecule has 0 saturated carbocycles.